The van der Waals surface area contributed by atoms with E-state index in [0.29, 0.717) is 18.2 Å². The normalized spacial score (nSPS) is 19.5. The molecule has 114 valence electrons. The summed E-state index contributed by atoms with van der Waals surface area (Å²) in [5.74, 6) is 0.771. The van der Waals surface area contributed by atoms with Crippen molar-refractivity contribution in [1.29, 1.82) is 0 Å². The van der Waals surface area contributed by atoms with Crippen LogP contribution in [0.2, 0.25) is 0 Å². The summed E-state index contributed by atoms with van der Waals surface area (Å²) < 4.78 is 0. The van der Waals surface area contributed by atoms with Crippen molar-refractivity contribution >= 4 is 23.2 Å². The van der Waals surface area contributed by atoms with Crippen molar-refractivity contribution in [3.05, 3.63) is 22.4 Å². The SMILES string of the molecule is O=C(CCc1ccsc1)NC1CCN(C(=O)C2CC2)CC1. The van der Waals surface area contributed by atoms with Gasteiger partial charge in [0.15, 0.2) is 0 Å². The number of rotatable bonds is 5. The van der Waals surface area contributed by atoms with Crippen LogP contribution in [-0.4, -0.2) is 35.8 Å². The van der Waals surface area contributed by atoms with Crippen molar-refractivity contribution in [3.8, 4) is 0 Å². The van der Waals surface area contributed by atoms with Crippen LogP contribution in [0.5, 0.6) is 0 Å². The topological polar surface area (TPSA) is 49.4 Å². The van der Waals surface area contributed by atoms with E-state index in [2.05, 4.69) is 16.8 Å². The van der Waals surface area contributed by atoms with Crippen LogP contribution >= 0.6 is 11.3 Å². The second-order valence-electron chi connectivity index (χ2n) is 6.07. The lowest BCUT2D eigenvalue weighted by molar-refractivity contribution is -0.133. The quantitative estimate of drug-likeness (QED) is 0.906. The van der Waals surface area contributed by atoms with Gasteiger partial charge in [-0.15, -0.1) is 0 Å². The van der Waals surface area contributed by atoms with E-state index < -0.39 is 0 Å². The molecule has 1 saturated heterocycles. The number of nitrogens with zero attached hydrogens (tertiary/aromatic N) is 1. The molecule has 1 N–H and O–H groups in total. The number of piperidine rings is 1. The molecule has 2 amide bonds. The molecule has 1 aliphatic carbocycles. The lowest BCUT2D eigenvalue weighted by atomic mass is 10.0. The molecular weight excluding hydrogens is 284 g/mol. The van der Waals surface area contributed by atoms with Gasteiger partial charge in [-0.3, -0.25) is 9.59 Å². The van der Waals surface area contributed by atoms with Crippen molar-refractivity contribution < 1.29 is 9.59 Å². The van der Waals surface area contributed by atoms with Crippen molar-refractivity contribution in [1.82, 2.24) is 10.2 Å². The van der Waals surface area contributed by atoms with Gasteiger partial charge in [0.1, 0.15) is 0 Å². The summed E-state index contributed by atoms with van der Waals surface area (Å²) >= 11 is 1.67. The number of carbonyl (C=O) groups is 2. The Balaban J connectivity index is 1.36. The maximum Gasteiger partial charge on any atom is 0.225 e. The van der Waals surface area contributed by atoms with Gasteiger partial charge in [-0.2, -0.15) is 11.3 Å². The highest BCUT2D eigenvalue weighted by atomic mass is 32.1. The number of hydrogen-bond donors (Lipinski definition) is 1. The van der Waals surface area contributed by atoms with Crippen LogP contribution in [0.25, 0.3) is 0 Å². The number of carbonyl (C=O) groups excluding carboxylic acids is 2. The molecule has 0 spiro atoms. The molecule has 1 aromatic heterocycles. The Hall–Kier alpha value is -1.36. The van der Waals surface area contributed by atoms with Crippen molar-refractivity contribution in [2.24, 2.45) is 5.92 Å². The van der Waals surface area contributed by atoms with Crippen molar-refractivity contribution in [2.75, 3.05) is 13.1 Å². The maximum atomic E-state index is 12.0. The molecule has 2 aliphatic rings. The second kappa shape index (κ2) is 6.60. The van der Waals surface area contributed by atoms with Gasteiger partial charge in [-0.05, 0) is 54.5 Å². The zero-order valence-electron chi connectivity index (χ0n) is 12.2. The smallest absolute Gasteiger partial charge is 0.225 e. The Labute approximate surface area is 129 Å². The molecule has 1 saturated carbocycles. The van der Waals surface area contributed by atoms with E-state index in [9.17, 15) is 9.59 Å². The molecule has 0 radical (unpaired) electrons. The summed E-state index contributed by atoms with van der Waals surface area (Å²) in [7, 11) is 0. The Kier molecular flexibility index (Phi) is 4.58. The van der Waals surface area contributed by atoms with Crippen molar-refractivity contribution in [3.63, 3.8) is 0 Å². The number of hydrogen-bond acceptors (Lipinski definition) is 3. The standard InChI is InChI=1S/C16H22N2O2S/c19-15(4-1-12-7-10-21-11-12)17-14-5-8-18(9-6-14)16(20)13-2-3-13/h7,10-11,13-14H,1-6,8-9H2,(H,17,19). The van der Waals surface area contributed by atoms with E-state index >= 15 is 0 Å². The first-order valence-electron chi connectivity index (χ1n) is 7.81. The molecule has 5 heteroatoms. The van der Waals surface area contributed by atoms with Gasteiger partial charge >= 0.3 is 0 Å². The Morgan fingerprint density at radius 2 is 2.00 bits per heavy atom. The summed E-state index contributed by atoms with van der Waals surface area (Å²) in [5, 5.41) is 7.25. The van der Waals surface area contributed by atoms with E-state index in [0.717, 1.165) is 45.2 Å². The van der Waals surface area contributed by atoms with Crippen LogP contribution in [0.3, 0.4) is 0 Å². The molecule has 4 nitrogen and oxygen atoms in total. The largest absolute Gasteiger partial charge is 0.353 e. The third-order valence-electron chi connectivity index (χ3n) is 4.32. The van der Waals surface area contributed by atoms with Crippen LogP contribution in [-0.2, 0) is 16.0 Å². The van der Waals surface area contributed by atoms with E-state index in [-0.39, 0.29) is 11.9 Å². The number of aryl methyl sites for hydroxylation is 1. The molecule has 1 aliphatic heterocycles. The van der Waals surface area contributed by atoms with Gasteiger partial charge in [-0.25, -0.2) is 0 Å². The summed E-state index contributed by atoms with van der Waals surface area (Å²) in [4.78, 5) is 25.9. The third-order valence-corrected chi connectivity index (χ3v) is 5.05. The maximum absolute atomic E-state index is 12.0. The summed E-state index contributed by atoms with van der Waals surface area (Å²) in [6.07, 6.45) is 5.29. The fraction of sp³-hybridized carbons (Fsp3) is 0.625. The molecule has 0 bridgehead atoms. The van der Waals surface area contributed by atoms with E-state index in [4.69, 9.17) is 0 Å². The fourth-order valence-corrected chi connectivity index (χ4v) is 3.53. The molecule has 21 heavy (non-hydrogen) atoms. The molecule has 3 rings (SSSR count). The first kappa shape index (κ1) is 14.6. The molecule has 0 aromatic carbocycles. The van der Waals surface area contributed by atoms with Gasteiger partial charge in [-0.1, -0.05) is 0 Å². The number of thiophene rings is 1. The van der Waals surface area contributed by atoms with Gasteiger partial charge in [0.05, 0.1) is 0 Å². The highest BCUT2D eigenvalue weighted by Gasteiger charge is 2.34. The lowest BCUT2D eigenvalue weighted by Crippen LogP contribution is -2.47. The molecule has 0 atom stereocenters. The minimum atomic E-state index is 0.133. The van der Waals surface area contributed by atoms with E-state index in [1.165, 1.54) is 5.56 Å². The molecule has 2 fully saturated rings. The third kappa shape index (κ3) is 4.06. The predicted molar refractivity (Wildman–Crippen MR) is 83.1 cm³/mol. The first-order valence-corrected chi connectivity index (χ1v) is 8.76. The highest BCUT2D eigenvalue weighted by Crippen LogP contribution is 2.31. The molecule has 2 heterocycles. The minimum Gasteiger partial charge on any atom is -0.353 e. The average Bonchev–Trinajstić information content (AvgIpc) is 3.22. The van der Waals surface area contributed by atoms with E-state index in [1.54, 1.807) is 11.3 Å². The Morgan fingerprint density at radius 1 is 1.24 bits per heavy atom. The van der Waals surface area contributed by atoms with Gasteiger partial charge < -0.3 is 10.2 Å². The van der Waals surface area contributed by atoms with Gasteiger partial charge in [0.2, 0.25) is 11.8 Å². The molecular formula is C16H22N2O2S. The number of nitrogens with one attached hydrogen (secondary N) is 1. The van der Waals surface area contributed by atoms with Crippen molar-refractivity contribution in [2.45, 2.75) is 44.6 Å². The number of likely N-dealkylation sites (tertiary alicyclic amines) is 1. The van der Waals surface area contributed by atoms with Crippen LogP contribution in [0.15, 0.2) is 16.8 Å². The first-order chi connectivity index (χ1) is 10.2. The molecule has 0 unspecified atom stereocenters. The zero-order chi connectivity index (χ0) is 14.7. The summed E-state index contributed by atoms with van der Waals surface area (Å²) in [6.45, 7) is 1.59. The average molecular weight is 306 g/mol. The fourth-order valence-electron chi connectivity index (χ4n) is 2.83. The summed E-state index contributed by atoms with van der Waals surface area (Å²) in [5.41, 5.74) is 1.24. The van der Waals surface area contributed by atoms with Gasteiger partial charge in [0.25, 0.3) is 0 Å². The monoisotopic (exact) mass is 306 g/mol. The minimum absolute atomic E-state index is 0.133. The van der Waals surface area contributed by atoms with E-state index in [1.807, 2.05) is 10.3 Å². The lowest BCUT2D eigenvalue weighted by Gasteiger charge is -2.32. The highest BCUT2D eigenvalue weighted by molar-refractivity contribution is 7.07. The predicted octanol–water partition coefficient (Wildman–Crippen LogP) is 2.20. The zero-order valence-corrected chi connectivity index (χ0v) is 13.0. The Bertz CT molecular complexity index is 488. The van der Waals surface area contributed by atoms with Crippen LogP contribution in [0, 0.1) is 5.92 Å². The summed E-state index contributed by atoms with van der Waals surface area (Å²) in [6, 6.07) is 2.31. The molecule has 1 aromatic rings. The van der Waals surface area contributed by atoms with Crippen LogP contribution in [0.1, 0.15) is 37.7 Å². The van der Waals surface area contributed by atoms with Crippen LogP contribution in [0.4, 0.5) is 0 Å². The number of amides is 2. The Morgan fingerprint density at radius 3 is 2.62 bits per heavy atom. The second-order valence-corrected chi connectivity index (χ2v) is 6.85. The van der Waals surface area contributed by atoms with Gasteiger partial charge in [0, 0.05) is 31.5 Å². The van der Waals surface area contributed by atoms with Crippen LogP contribution < -0.4 is 5.32 Å².